The minimum absolute atomic E-state index is 0.127. The molecule has 6 heteroatoms. The number of ether oxygens (including phenoxy) is 3. The summed E-state index contributed by atoms with van der Waals surface area (Å²) >= 11 is 0. The fraction of sp³-hybridized carbons (Fsp3) is 0.200. The van der Waals surface area contributed by atoms with Gasteiger partial charge in [0.15, 0.2) is 11.5 Å². The van der Waals surface area contributed by atoms with E-state index in [0.717, 1.165) is 29.5 Å². The Bertz CT molecular complexity index is 1110. The Balaban J connectivity index is 1.67. The first-order chi connectivity index (χ1) is 15.1. The van der Waals surface area contributed by atoms with Crippen LogP contribution in [0.5, 0.6) is 17.2 Å². The first-order valence-electron chi connectivity index (χ1n) is 10.0. The summed E-state index contributed by atoms with van der Waals surface area (Å²) in [6.45, 7) is 0. The number of carbonyl (C=O) groups is 1. The lowest BCUT2D eigenvalue weighted by molar-refractivity contribution is -0.110. The lowest BCUT2D eigenvalue weighted by Crippen LogP contribution is -2.04. The minimum atomic E-state index is -0.127. The van der Waals surface area contributed by atoms with E-state index in [2.05, 4.69) is 22.4 Å². The number of methoxy groups -OCH3 is 3. The van der Waals surface area contributed by atoms with Crippen molar-refractivity contribution in [2.24, 2.45) is 0 Å². The lowest BCUT2D eigenvalue weighted by Gasteiger charge is -2.14. The van der Waals surface area contributed by atoms with E-state index >= 15 is 0 Å². The van der Waals surface area contributed by atoms with Crippen LogP contribution in [0.15, 0.2) is 60.8 Å². The van der Waals surface area contributed by atoms with Gasteiger partial charge in [-0.05, 0) is 42.2 Å². The van der Waals surface area contributed by atoms with Crippen molar-refractivity contribution in [2.75, 3.05) is 26.6 Å². The number of carbonyl (C=O) groups excluding carboxylic acids is 1. The van der Waals surface area contributed by atoms with Crippen LogP contribution in [0.25, 0.3) is 16.7 Å². The molecule has 0 atom stereocenters. The molecule has 1 amide bonds. The Hall–Kier alpha value is -3.80. The minimum Gasteiger partial charge on any atom is -0.493 e. The molecule has 2 heterocycles. The summed E-state index contributed by atoms with van der Waals surface area (Å²) in [4.78, 5) is 17.0. The Labute approximate surface area is 181 Å². The molecule has 0 saturated carbocycles. The van der Waals surface area contributed by atoms with Crippen molar-refractivity contribution >= 4 is 17.3 Å². The number of rotatable bonds is 7. The highest BCUT2D eigenvalue weighted by Crippen LogP contribution is 2.42. The van der Waals surface area contributed by atoms with Gasteiger partial charge >= 0.3 is 0 Å². The van der Waals surface area contributed by atoms with E-state index in [-0.39, 0.29) is 5.91 Å². The number of amides is 1. The Morgan fingerprint density at radius 2 is 1.65 bits per heavy atom. The Morgan fingerprint density at radius 3 is 2.29 bits per heavy atom. The van der Waals surface area contributed by atoms with E-state index in [1.165, 1.54) is 5.56 Å². The van der Waals surface area contributed by atoms with E-state index in [9.17, 15) is 4.79 Å². The number of nitrogens with one attached hydrogen (secondary N) is 1. The van der Waals surface area contributed by atoms with Crippen LogP contribution in [0.2, 0.25) is 0 Å². The number of hydrogen-bond acceptors (Lipinski definition) is 5. The normalized spacial score (nSPS) is 13.6. The summed E-state index contributed by atoms with van der Waals surface area (Å²) < 4.78 is 16.3. The van der Waals surface area contributed by atoms with Gasteiger partial charge in [-0.1, -0.05) is 36.4 Å². The van der Waals surface area contributed by atoms with Crippen molar-refractivity contribution in [3.8, 4) is 28.4 Å². The number of fused-ring (bicyclic) bond motifs is 1. The third-order valence-electron chi connectivity index (χ3n) is 5.28. The zero-order valence-electron chi connectivity index (χ0n) is 17.8. The molecule has 1 aliphatic rings. The van der Waals surface area contributed by atoms with Crippen LogP contribution in [-0.4, -0.2) is 32.2 Å². The van der Waals surface area contributed by atoms with Crippen molar-refractivity contribution in [2.45, 2.75) is 12.8 Å². The van der Waals surface area contributed by atoms with Crippen LogP contribution in [0.4, 0.5) is 5.82 Å². The zero-order chi connectivity index (χ0) is 21.8. The largest absolute Gasteiger partial charge is 0.493 e. The summed E-state index contributed by atoms with van der Waals surface area (Å²) in [7, 11) is 4.73. The topological polar surface area (TPSA) is 69.7 Å². The molecule has 0 unspecified atom stereocenters. The number of anilines is 1. The van der Waals surface area contributed by atoms with Gasteiger partial charge in [0.1, 0.15) is 5.82 Å². The quantitative estimate of drug-likeness (QED) is 0.563. The smallest absolute Gasteiger partial charge is 0.257 e. The molecule has 1 aromatic heterocycles. The maximum Gasteiger partial charge on any atom is 0.257 e. The maximum absolute atomic E-state index is 12.5. The molecule has 158 valence electrons. The summed E-state index contributed by atoms with van der Waals surface area (Å²) in [6, 6.07) is 15.9. The van der Waals surface area contributed by atoms with Gasteiger partial charge in [-0.25, -0.2) is 4.98 Å². The van der Waals surface area contributed by atoms with E-state index in [1.54, 1.807) is 27.5 Å². The third-order valence-corrected chi connectivity index (χ3v) is 5.28. The molecular formula is C25H24N2O4. The van der Waals surface area contributed by atoms with Crippen LogP contribution in [0, 0.1) is 0 Å². The molecule has 31 heavy (non-hydrogen) atoms. The number of allylic oxidation sites excluding steroid dienone is 1. The van der Waals surface area contributed by atoms with E-state index in [0.29, 0.717) is 28.6 Å². The van der Waals surface area contributed by atoms with Gasteiger partial charge in [-0.3, -0.25) is 4.79 Å². The summed E-state index contributed by atoms with van der Waals surface area (Å²) in [5.74, 6) is 2.10. The van der Waals surface area contributed by atoms with E-state index in [1.807, 2.05) is 42.5 Å². The molecule has 0 spiro atoms. The fourth-order valence-corrected chi connectivity index (χ4v) is 3.70. The molecule has 1 aliphatic heterocycles. The van der Waals surface area contributed by atoms with E-state index in [4.69, 9.17) is 14.2 Å². The highest BCUT2D eigenvalue weighted by atomic mass is 16.5. The third kappa shape index (κ3) is 4.10. The van der Waals surface area contributed by atoms with Gasteiger partial charge in [0.25, 0.3) is 5.91 Å². The van der Waals surface area contributed by atoms with E-state index < -0.39 is 0 Å². The van der Waals surface area contributed by atoms with Gasteiger partial charge in [-0.15, -0.1) is 0 Å². The molecular weight excluding hydrogens is 392 g/mol. The first kappa shape index (κ1) is 20.5. The van der Waals surface area contributed by atoms with Gasteiger partial charge < -0.3 is 19.5 Å². The molecule has 0 fully saturated rings. The van der Waals surface area contributed by atoms with Crippen LogP contribution < -0.4 is 19.5 Å². The first-order valence-corrected chi connectivity index (χ1v) is 10.0. The second-order valence-corrected chi connectivity index (χ2v) is 7.13. The van der Waals surface area contributed by atoms with Gasteiger partial charge in [0.05, 0.1) is 21.3 Å². The molecule has 0 saturated heterocycles. The predicted octanol–water partition coefficient (Wildman–Crippen LogP) is 4.74. The second kappa shape index (κ2) is 8.92. The molecule has 1 N–H and O–H groups in total. The van der Waals surface area contributed by atoms with Crippen molar-refractivity contribution in [1.29, 1.82) is 0 Å². The zero-order valence-corrected chi connectivity index (χ0v) is 17.8. The number of benzene rings is 2. The second-order valence-electron chi connectivity index (χ2n) is 7.13. The van der Waals surface area contributed by atoms with Crippen LogP contribution in [0.3, 0.4) is 0 Å². The Kier molecular flexibility index (Phi) is 5.89. The van der Waals surface area contributed by atoms with Gasteiger partial charge in [-0.2, -0.15) is 0 Å². The average Bonchev–Trinajstić information content (AvgIpc) is 3.13. The fourth-order valence-electron chi connectivity index (χ4n) is 3.70. The molecule has 0 radical (unpaired) electrons. The standard InChI is InChI=1S/C25H24N2O4/c1-29-21-13-17(14-22(30-2)23(21)31-3)18-12-20-19(25(28)27-24(20)26-15-18)11-7-10-16-8-5-4-6-9-16/h4-6,8-9,11-15H,7,10H2,1-3H3,(H,26,27,28)/b19-11+. The summed E-state index contributed by atoms with van der Waals surface area (Å²) in [5.41, 5.74) is 4.38. The highest BCUT2D eigenvalue weighted by Gasteiger charge is 2.26. The van der Waals surface area contributed by atoms with Gasteiger partial charge in [0, 0.05) is 22.9 Å². The number of pyridine rings is 1. The number of nitrogens with zero attached hydrogens (tertiary/aromatic N) is 1. The lowest BCUT2D eigenvalue weighted by atomic mass is 10.0. The molecule has 6 nitrogen and oxygen atoms in total. The molecule has 3 aromatic rings. The van der Waals surface area contributed by atoms with Crippen molar-refractivity contribution in [1.82, 2.24) is 4.98 Å². The number of aryl methyl sites for hydroxylation is 1. The highest BCUT2D eigenvalue weighted by molar-refractivity contribution is 6.31. The number of aromatic nitrogens is 1. The van der Waals surface area contributed by atoms with Crippen molar-refractivity contribution < 1.29 is 19.0 Å². The van der Waals surface area contributed by atoms with Crippen molar-refractivity contribution in [3.63, 3.8) is 0 Å². The summed E-state index contributed by atoms with van der Waals surface area (Å²) in [6.07, 6.45) is 5.34. The number of hydrogen-bond donors (Lipinski definition) is 1. The van der Waals surface area contributed by atoms with Crippen LogP contribution >= 0.6 is 0 Å². The molecule has 0 bridgehead atoms. The van der Waals surface area contributed by atoms with Crippen LogP contribution in [-0.2, 0) is 11.2 Å². The average molecular weight is 416 g/mol. The maximum atomic E-state index is 12.5. The van der Waals surface area contributed by atoms with Gasteiger partial charge in [0.2, 0.25) is 5.75 Å². The SMILES string of the molecule is COc1cc(-c2cnc3c(c2)/C(=C\CCc2ccccc2)C(=O)N3)cc(OC)c1OC. The molecule has 2 aromatic carbocycles. The monoisotopic (exact) mass is 416 g/mol. The Morgan fingerprint density at radius 1 is 0.935 bits per heavy atom. The van der Waals surface area contributed by atoms with Crippen molar-refractivity contribution in [3.05, 3.63) is 71.9 Å². The summed E-state index contributed by atoms with van der Waals surface area (Å²) in [5, 5.41) is 2.85. The van der Waals surface area contributed by atoms with Crippen LogP contribution in [0.1, 0.15) is 17.5 Å². The predicted molar refractivity (Wildman–Crippen MR) is 121 cm³/mol. The molecule has 4 rings (SSSR count). The molecule has 0 aliphatic carbocycles.